The monoisotopic (exact) mass is 625 g/mol. The third-order valence-electron chi connectivity index (χ3n) is 6.83. The Labute approximate surface area is 247 Å². The van der Waals surface area contributed by atoms with Crippen LogP contribution in [0, 0.1) is 0 Å². The molecule has 1 aliphatic rings. The van der Waals surface area contributed by atoms with Crippen molar-refractivity contribution in [3.63, 3.8) is 0 Å². The van der Waals surface area contributed by atoms with Crippen molar-refractivity contribution >= 4 is 25.1 Å². The van der Waals surface area contributed by atoms with E-state index in [4.69, 9.17) is 29.0 Å². The molecule has 0 radical (unpaired) electrons. The summed E-state index contributed by atoms with van der Waals surface area (Å²) in [7, 11) is -4.45. The summed E-state index contributed by atoms with van der Waals surface area (Å²) >= 11 is 0. The zero-order valence-electron chi connectivity index (χ0n) is 23.9. The van der Waals surface area contributed by atoms with Crippen molar-refractivity contribution in [2.45, 2.75) is 56.6 Å². The summed E-state index contributed by atoms with van der Waals surface area (Å²) in [4.78, 5) is 16.5. The zero-order chi connectivity index (χ0) is 31.0. The van der Waals surface area contributed by atoms with Gasteiger partial charge in [-0.25, -0.2) is 18.5 Å². The Kier molecular flexibility index (Phi) is 11.1. The number of aliphatic hydroxyl groups is 2. The fourth-order valence-corrected chi connectivity index (χ4v) is 5.98. The molecule has 236 valence electrons. The first kappa shape index (κ1) is 32.7. The average molecular weight is 626 g/mol. The molecule has 0 spiro atoms. The Balaban J connectivity index is 1.49. The van der Waals surface area contributed by atoms with Gasteiger partial charge < -0.3 is 34.7 Å². The maximum absolute atomic E-state index is 14.6. The normalized spacial score (nSPS) is 24.1. The second-order valence-corrected chi connectivity index (χ2v) is 11.7. The summed E-state index contributed by atoms with van der Waals surface area (Å²) in [5.74, 6) is -0.467. The molecule has 1 aliphatic heterocycles. The van der Waals surface area contributed by atoms with E-state index in [9.17, 15) is 24.0 Å². The molecule has 0 bridgehead atoms. The lowest BCUT2D eigenvalue weighted by Crippen LogP contribution is -2.49. The van der Waals surface area contributed by atoms with Crippen LogP contribution in [0.4, 0.5) is 10.2 Å². The standard InChI is InChI=1S/C27H37FN5O9P/c1-3-4-12-38-13-14-39-26(36)18(2)32-43(37,42-19-8-6-5-7-9-19)40-16-27(15-28)24(35)22(34)23(41-27)20-10-11-21-25(29)30-17-31-33(20)21/h5-11,17-18,22-24,34-35H,3-4,12-16H2,1-2H3,(H,32,37)(H2,29,30,31)/t18-,22-,23-,24-,27+,43?/m0/s1. The fraction of sp³-hybridized carbons (Fsp3) is 0.519. The molecule has 1 fully saturated rings. The number of nitrogens with one attached hydrogen (secondary N) is 1. The quantitative estimate of drug-likeness (QED) is 0.103. The van der Waals surface area contributed by atoms with Gasteiger partial charge in [-0.1, -0.05) is 31.5 Å². The highest BCUT2D eigenvalue weighted by molar-refractivity contribution is 7.52. The molecule has 0 amide bonds. The van der Waals surface area contributed by atoms with Crippen LogP contribution >= 0.6 is 7.75 Å². The number of rotatable bonds is 16. The van der Waals surface area contributed by atoms with Gasteiger partial charge in [0.1, 0.15) is 60.8 Å². The lowest BCUT2D eigenvalue weighted by Gasteiger charge is -2.31. The third kappa shape index (κ3) is 7.68. The summed E-state index contributed by atoms with van der Waals surface area (Å²) in [6.45, 7) is 1.97. The Morgan fingerprint density at radius 2 is 2.00 bits per heavy atom. The van der Waals surface area contributed by atoms with Crippen LogP contribution in [-0.4, -0.2) is 87.7 Å². The Hall–Kier alpha value is -3.17. The highest BCUT2D eigenvalue weighted by atomic mass is 31.2. The van der Waals surface area contributed by atoms with E-state index in [1.807, 2.05) is 6.92 Å². The summed E-state index contributed by atoms with van der Waals surface area (Å²) < 4.78 is 57.6. The van der Waals surface area contributed by atoms with Gasteiger partial charge in [0.15, 0.2) is 5.82 Å². The number of hydrogen-bond donors (Lipinski definition) is 4. The van der Waals surface area contributed by atoms with Crippen molar-refractivity contribution in [3.05, 3.63) is 54.5 Å². The minimum absolute atomic E-state index is 0.0193. The number of nitrogen functional groups attached to an aromatic ring is 1. The van der Waals surface area contributed by atoms with E-state index in [0.717, 1.165) is 12.8 Å². The van der Waals surface area contributed by atoms with Crippen LogP contribution in [0.3, 0.4) is 0 Å². The van der Waals surface area contributed by atoms with Crippen LogP contribution < -0.4 is 15.3 Å². The molecular weight excluding hydrogens is 588 g/mol. The minimum Gasteiger partial charge on any atom is -0.462 e. The summed E-state index contributed by atoms with van der Waals surface area (Å²) in [6.07, 6.45) is -1.65. The highest BCUT2D eigenvalue weighted by Gasteiger charge is 2.57. The van der Waals surface area contributed by atoms with E-state index in [1.54, 1.807) is 30.3 Å². The maximum Gasteiger partial charge on any atom is 0.459 e. The van der Waals surface area contributed by atoms with Gasteiger partial charge in [-0.2, -0.15) is 10.2 Å². The number of nitrogens with two attached hydrogens (primary N) is 1. The van der Waals surface area contributed by atoms with Crippen LogP contribution in [0.15, 0.2) is 48.8 Å². The first-order valence-electron chi connectivity index (χ1n) is 13.8. The molecule has 0 saturated carbocycles. The van der Waals surface area contributed by atoms with Crippen LogP contribution in [0.5, 0.6) is 5.75 Å². The number of para-hydroxylation sites is 1. The van der Waals surface area contributed by atoms with Crippen molar-refractivity contribution in [2.24, 2.45) is 0 Å². The number of alkyl halides is 1. The van der Waals surface area contributed by atoms with Gasteiger partial charge >= 0.3 is 13.7 Å². The van der Waals surface area contributed by atoms with E-state index >= 15 is 0 Å². The third-order valence-corrected chi connectivity index (χ3v) is 8.45. The van der Waals surface area contributed by atoms with Crippen molar-refractivity contribution in [1.82, 2.24) is 19.7 Å². The molecule has 6 atom stereocenters. The van der Waals surface area contributed by atoms with Gasteiger partial charge in [0, 0.05) is 6.61 Å². The Bertz CT molecular complexity index is 1400. The molecule has 1 aromatic carbocycles. The van der Waals surface area contributed by atoms with Gasteiger partial charge in [0.05, 0.1) is 18.9 Å². The van der Waals surface area contributed by atoms with E-state index < -0.39 is 57.0 Å². The van der Waals surface area contributed by atoms with E-state index in [0.29, 0.717) is 12.1 Å². The number of aliphatic hydroxyl groups excluding tert-OH is 2. The number of aromatic nitrogens is 3. The minimum atomic E-state index is -4.45. The van der Waals surface area contributed by atoms with Crippen LogP contribution in [0.25, 0.3) is 5.52 Å². The Morgan fingerprint density at radius 3 is 2.72 bits per heavy atom. The topological polar surface area (TPSA) is 189 Å². The number of anilines is 1. The first-order chi connectivity index (χ1) is 20.6. The number of hydrogen-bond acceptors (Lipinski definition) is 12. The number of nitrogens with zero attached hydrogens (tertiary/aromatic N) is 3. The number of fused-ring (bicyclic) bond motifs is 1. The van der Waals surface area contributed by atoms with Gasteiger partial charge in [-0.05, 0) is 37.6 Å². The number of esters is 1. The van der Waals surface area contributed by atoms with Crippen molar-refractivity contribution in [1.29, 1.82) is 0 Å². The average Bonchev–Trinajstić information content (AvgIpc) is 3.54. The van der Waals surface area contributed by atoms with Crippen molar-refractivity contribution < 1.29 is 47.2 Å². The number of ether oxygens (including phenoxy) is 3. The summed E-state index contributed by atoms with van der Waals surface area (Å²) in [6, 6.07) is 9.92. The Morgan fingerprint density at radius 1 is 1.23 bits per heavy atom. The van der Waals surface area contributed by atoms with Gasteiger partial charge in [-0.15, -0.1) is 0 Å². The largest absolute Gasteiger partial charge is 0.462 e. The molecule has 1 saturated heterocycles. The number of carbonyl (C=O) groups excluding carboxylic acids is 1. The summed E-state index contributed by atoms with van der Waals surface area (Å²) in [5.41, 5.74) is 4.40. The SMILES string of the molecule is CCCCOCCOC(=O)[C@H](C)NP(=O)(OC[C@@]1(CF)O[C@@H](c2ccc3c(N)ncnn23)[C@H](O)[C@@H]1O)Oc1ccccc1. The smallest absolute Gasteiger partial charge is 0.459 e. The molecule has 2 aromatic heterocycles. The van der Waals surface area contributed by atoms with Crippen LogP contribution in [0.2, 0.25) is 0 Å². The van der Waals surface area contributed by atoms with Crippen molar-refractivity contribution in [2.75, 3.05) is 38.8 Å². The predicted molar refractivity (Wildman–Crippen MR) is 152 cm³/mol. The fourth-order valence-electron chi connectivity index (χ4n) is 4.43. The lowest BCUT2D eigenvalue weighted by atomic mass is 9.96. The second-order valence-electron chi connectivity index (χ2n) is 10.0. The molecule has 1 unspecified atom stereocenters. The molecule has 3 aromatic rings. The van der Waals surface area contributed by atoms with Gasteiger partial charge in [-0.3, -0.25) is 9.32 Å². The zero-order valence-corrected chi connectivity index (χ0v) is 24.8. The molecule has 16 heteroatoms. The number of carbonyl (C=O) groups is 1. The maximum atomic E-state index is 14.6. The van der Waals surface area contributed by atoms with Crippen molar-refractivity contribution in [3.8, 4) is 5.75 Å². The molecule has 14 nitrogen and oxygen atoms in total. The number of halogens is 1. The molecule has 0 aliphatic carbocycles. The summed E-state index contributed by atoms with van der Waals surface area (Å²) in [5, 5.41) is 28.4. The first-order valence-corrected chi connectivity index (χ1v) is 15.4. The van der Waals surface area contributed by atoms with E-state index in [1.165, 1.54) is 29.9 Å². The highest BCUT2D eigenvalue weighted by Crippen LogP contribution is 2.48. The molecule has 4 rings (SSSR count). The molecule has 43 heavy (non-hydrogen) atoms. The molecule has 5 N–H and O–H groups in total. The van der Waals surface area contributed by atoms with E-state index in [-0.39, 0.29) is 30.5 Å². The number of benzene rings is 1. The molecule has 3 heterocycles. The predicted octanol–water partition coefficient (Wildman–Crippen LogP) is 2.35. The molecular formula is C27H37FN5O9P. The van der Waals surface area contributed by atoms with Crippen LogP contribution in [-0.2, 0) is 28.1 Å². The van der Waals surface area contributed by atoms with Gasteiger partial charge in [0.2, 0.25) is 0 Å². The van der Waals surface area contributed by atoms with Gasteiger partial charge in [0.25, 0.3) is 0 Å². The van der Waals surface area contributed by atoms with Crippen LogP contribution in [0.1, 0.15) is 38.5 Å². The van der Waals surface area contributed by atoms with E-state index in [2.05, 4.69) is 15.2 Å². The number of unbranched alkanes of at least 4 members (excludes halogenated alkanes) is 1. The lowest BCUT2D eigenvalue weighted by molar-refractivity contribution is -0.147. The second kappa shape index (κ2) is 14.5.